The number of aromatic nitrogens is 3. The zero-order valence-corrected chi connectivity index (χ0v) is 20.7. The van der Waals surface area contributed by atoms with E-state index in [4.69, 9.17) is 0 Å². The van der Waals surface area contributed by atoms with Crippen LogP contribution in [-0.4, -0.2) is 56.7 Å². The minimum atomic E-state index is -0.140. The molecule has 1 N–H and O–H groups in total. The van der Waals surface area contributed by atoms with Crippen LogP contribution in [0.25, 0.3) is 11.0 Å². The van der Waals surface area contributed by atoms with Gasteiger partial charge in [0.25, 0.3) is 5.91 Å². The van der Waals surface area contributed by atoms with Crippen molar-refractivity contribution in [1.29, 1.82) is 0 Å². The number of benzene rings is 2. The first-order valence-electron chi connectivity index (χ1n) is 12.2. The molecule has 0 radical (unpaired) electrons. The number of aryl methyl sites for hydroxylation is 3. The van der Waals surface area contributed by atoms with Crippen LogP contribution in [0, 0.1) is 13.8 Å². The monoisotopic (exact) mass is 468 g/mol. The van der Waals surface area contributed by atoms with E-state index in [9.17, 15) is 4.79 Å². The van der Waals surface area contributed by atoms with E-state index in [1.165, 1.54) is 11.1 Å². The molecule has 1 fully saturated rings. The molecule has 0 aliphatic carbocycles. The van der Waals surface area contributed by atoms with Crippen molar-refractivity contribution in [1.82, 2.24) is 24.6 Å². The standard InChI is InChI=1S/C28H32N6O/c1-20-17-25(26-21(2)31-32(3)27(26)29-20)28(35)30-24-11-9-23(10-12-24)19-34-15-13-33(14-16-34)18-22-7-5-4-6-8-22/h4-12,17H,13-16,18-19H2,1-3H3,(H,30,35). The van der Waals surface area contributed by atoms with Crippen LogP contribution in [0.3, 0.4) is 0 Å². The molecule has 7 nitrogen and oxygen atoms in total. The summed E-state index contributed by atoms with van der Waals surface area (Å²) in [5.41, 5.74) is 6.35. The Bertz CT molecular complexity index is 1320. The van der Waals surface area contributed by atoms with E-state index in [-0.39, 0.29) is 5.91 Å². The second-order valence-electron chi connectivity index (χ2n) is 9.41. The molecule has 1 aliphatic rings. The maximum Gasteiger partial charge on any atom is 0.256 e. The fraction of sp³-hybridized carbons (Fsp3) is 0.321. The van der Waals surface area contributed by atoms with Gasteiger partial charge in [-0.05, 0) is 43.2 Å². The van der Waals surface area contributed by atoms with Gasteiger partial charge in [-0.3, -0.25) is 19.3 Å². The number of carbonyl (C=O) groups is 1. The number of carbonyl (C=O) groups excluding carboxylic acids is 1. The van der Waals surface area contributed by atoms with E-state index in [1.54, 1.807) is 4.68 Å². The summed E-state index contributed by atoms with van der Waals surface area (Å²) < 4.78 is 1.73. The van der Waals surface area contributed by atoms with Crippen LogP contribution >= 0.6 is 0 Å². The van der Waals surface area contributed by atoms with Crippen molar-refractivity contribution < 1.29 is 4.79 Å². The molecule has 0 atom stereocenters. The third kappa shape index (κ3) is 5.26. The Morgan fingerprint density at radius 2 is 1.49 bits per heavy atom. The van der Waals surface area contributed by atoms with Crippen LogP contribution in [-0.2, 0) is 20.1 Å². The summed E-state index contributed by atoms with van der Waals surface area (Å²) in [7, 11) is 1.85. The summed E-state index contributed by atoms with van der Waals surface area (Å²) >= 11 is 0. The number of nitrogens with one attached hydrogen (secondary N) is 1. The molecule has 2 aromatic carbocycles. The van der Waals surface area contributed by atoms with Crippen molar-refractivity contribution >= 4 is 22.6 Å². The van der Waals surface area contributed by atoms with Gasteiger partial charge in [0.05, 0.1) is 16.6 Å². The van der Waals surface area contributed by atoms with Crippen LogP contribution in [0.2, 0.25) is 0 Å². The number of nitrogens with zero attached hydrogens (tertiary/aromatic N) is 5. The van der Waals surface area contributed by atoms with Crippen molar-refractivity contribution in [3.63, 3.8) is 0 Å². The number of hydrogen-bond acceptors (Lipinski definition) is 5. The summed E-state index contributed by atoms with van der Waals surface area (Å²) in [5.74, 6) is -0.140. The lowest BCUT2D eigenvalue weighted by Gasteiger charge is -2.34. The van der Waals surface area contributed by atoms with Gasteiger partial charge in [-0.2, -0.15) is 5.10 Å². The number of amides is 1. The summed E-state index contributed by atoms with van der Waals surface area (Å²) in [6.45, 7) is 10.0. The fourth-order valence-corrected chi connectivity index (χ4v) is 4.85. The van der Waals surface area contributed by atoms with E-state index in [0.29, 0.717) is 5.56 Å². The molecule has 1 saturated heterocycles. The summed E-state index contributed by atoms with van der Waals surface area (Å²) in [4.78, 5) is 22.7. The SMILES string of the molecule is Cc1cc(C(=O)Nc2ccc(CN3CCN(Cc4ccccc4)CC3)cc2)c2c(C)nn(C)c2n1. The number of piperazine rings is 1. The van der Waals surface area contributed by atoms with Crippen molar-refractivity contribution in [2.24, 2.45) is 7.05 Å². The molecular weight excluding hydrogens is 436 g/mol. The Kier molecular flexibility index (Phi) is 6.61. The van der Waals surface area contributed by atoms with Crippen LogP contribution in [0.4, 0.5) is 5.69 Å². The maximum absolute atomic E-state index is 13.1. The summed E-state index contributed by atoms with van der Waals surface area (Å²) in [5, 5.41) is 8.29. The topological polar surface area (TPSA) is 66.3 Å². The predicted molar refractivity (Wildman–Crippen MR) is 139 cm³/mol. The molecule has 0 unspecified atom stereocenters. The van der Waals surface area contributed by atoms with Gasteiger partial charge in [0.2, 0.25) is 0 Å². The molecule has 2 aromatic heterocycles. The first kappa shape index (κ1) is 23.2. The predicted octanol–water partition coefficient (Wildman–Crippen LogP) is 4.16. The molecule has 35 heavy (non-hydrogen) atoms. The zero-order chi connectivity index (χ0) is 24.4. The third-order valence-electron chi connectivity index (χ3n) is 6.67. The minimum absolute atomic E-state index is 0.140. The highest BCUT2D eigenvalue weighted by Gasteiger charge is 2.19. The van der Waals surface area contributed by atoms with Gasteiger partial charge in [-0.1, -0.05) is 42.5 Å². The van der Waals surface area contributed by atoms with Crippen molar-refractivity contribution in [3.8, 4) is 0 Å². The van der Waals surface area contributed by atoms with E-state index in [0.717, 1.165) is 67.4 Å². The van der Waals surface area contributed by atoms with Crippen LogP contribution in [0.5, 0.6) is 0 Å². The molecule has 0 spiro atoms. The highest BCUT2D eigenvalue weighted by Crippen LogP contribution is 2.23. The normalized spacial score (nSPS) is 14.9. The molecule has 7 heteroatoms. The summed E-state index contributed by atoms with van der Waals surface area (Å²) in [6.07, 6.45) is 0. The molecule has 3 heterocycles. The highest BCUT2D eigenvalue weighted by molar-refractivity contribution is 6.12. The van der Waals surface area contributed by atoms with E-state index in [1.807, 2.05) is 39.1 Å². The van der Waals surface area contributed by atoms with Crippen LogP contribution < -0.4 is 5.32 Å². The lowest BCUT2D eigenvalue weighted by molar-refractivity contribution is 0.102. The Morgan fingerprint density at radius 1 is 0.886 bits per heavy atom. The molecule has 1 aliphatic heterocycles. The molecular formula is C28H32N6O. The molecule has 4 aromatic rings. The van der Waals surface area contributed by atoms with Gasteiger partial charge in [0.15, 0.2) is 5.65 Å². The molecule has 0 saturated carbocycles. The van der Waals surface area contributed by atoms with Gasteiger partial charge < -0.3 is 5.32 Å². The quantitative estimate of drug-likeness (QED) is 0.460. The molecule has 0 bridgehead atoms. The number of rotatable bonds is 6. The number of hydrogen-bond donors (Lipinski definition) is 1. The fourth-order valence-electron chi connectivity index (χ4n) is 4.85. The Labute approximate surface area is 206 Å². The highest BCUT2D eigenvalue weighted by atomic mass is 16.1. The van der Waals surface area contributed by atoms with Crippen molar-refractivity contribution in [2.45, 2.75) is 26.9 Å². The Hall–Kier alpha value is -3.55. The largest absolute Gasteiger partial charge is 0.322 e. The van der Waals surface area contributed by atoms with E-state index in [2.05, 4.69) is 67.7 Å². The lowest BCUT2D eigenvalue weighted by Crippen LogP contribution is -2.45. The number of anilines is 1. The van der Waals surface area contributed by atoms with E-state index >= 15 is 0 Å². The first-order valence-corrected chi connectivity index (χ1v) is 12.2. The van der Waals surface area contributed by atoms with E-state index < -0.39 is 0 Å². The van der Waals surface area contributed by atoms with Gasteiger partial charge in [0.1, 0.15) is 0 Å². The zero-order valence-electron chi connectivity index (χ0n) is 20.7. The molecule has 1 amide bonds. The van der Waals surface area contributed by atoms with Gasteiger partial charge >= 0.3 is 0 Å². The van der Waals surface area contributed by atoms with Gasteiger partial charge in [0, 0.05) is 57.7 Å². The van der Waals surface area contributed by atoms with Gasteiger partial charge in [-0.15, -0.1) is 0 Å². The second-order valence-corrected chi connectivity index (χ2v) is 9.41. The van der Waals surface area contributed by atoms with Gasteiger partial charge in [-0.25, -0.2) is 4.98 Å². The van der Waals surface area contributed by atoms with Crippen molar-refractivity contribution in [3.05, 3.63) is 88.7 Å². The van der Waals surface area contributed by atoms with Crippen LogP contribution in [0.1, 0.15) is 32.9 Å². The Balaban J connectivity index is 1.18. The number of fused-ring (bicyclic) bond motifs is 1. The number of pyridine rings is 1. The minimum Gasteiger partial charge on any atom is -0.322 e. The molecule has 5 rings (SSSR count). The lowest BCUT2D eigenvalue weighted by atomic mass is 10.1. The maximum atomic E-state index is 13.1. The van der Waals surface area contributed by atoms with Crippen molar-refractivity contribution in [2.75, 3.05) is 31.5 Å². The Morgan fingerprint density at radius 3 is 2.11 bits per heavy atom. The third-order valence-corrected chi connectivity index (χ3v) is 6.67. The average Bonchev–Trinajstić information content (AvgIpc) is 3.14. The smallest absolute Gasteiger partial charge is 0.256 e. The second kappa shape index (κ2) is 9.98. The van der Waals surface area contributed by atoms with Crippen LogP contribution in [0.15, 0.2) is 60.7 Å². The first-order chi connectivity index (χ1) is 17.0. The summed E-state index contributed by atoms with van der Waals surface area (Å²) in [6, 6.07) is 20.7. The molecule has 180 valence electrons. The average molecular weight is 469 g/mol.